The van der Waals surface area contributed by atoms with E-state index in [1.165, 1.54) is 4.88 Å². The second-order valence-corrected chi connectivity index (χ2v) is 7.54. The number of nitrogens with zero attached hydrogens (tertiary/aromatic N) is 4. The van der Waals surface area contributed by atoms with E-state index in [4.69, 9.17) is 4.74 Å². The number of thiophene rings is 1. The van der Waals surface area contributed by atoms with Gasteiger partial charge in [0.25, 0.3) is 0 Å². The molecule has 0 bridgehead atoms. The maximum absolute atomic E-state index is 12.1. The summed E-state index contributed by atoms with van der Waals surface area (Å²) in [5, 5.41) is 1.12. The Morgan fingerprint density at radius 1 is 1.29 bits per heavy atom. The zero-order valence-corrected chi connectivity index (χ0v) is 15.3. The first-order valence-corrected chi connectivity index (χ1v) is 9.30. The lowest BCUT2D eigenvalue weighted by Crippen LogP contribution is -2.49. The average Bonchev–Trinajstić information content (AvgIpc) is 3.03. The maximum Gasteiger partial charge on any atom is 0.409 e. The van der Waals surface area contributed by atoms with E-state index in [9.17, 15) is 4.79 Å². The molecule has 3 heterocycles. The van der Waals surface area contributed by atoms with Gasteiger partial charge in [0.1, 0.15) is 17.0 Å². The van der Waals surface area contributed by atoms with Crippen LogP contribution < -0.4 is 4.90 Å². The van der Waals surface area contributed by atoms with Gasteiger partial charge in [-0.25, -0.2) is 14.8 Å². The van der Waals surface area contributed by atoms with Gasteiger partial charge in [0, 0.05) is 31.1 Å². The van der Waals surface area contributed by atoms with Crippen LogP contribution in [0.5, 0.6) is 0 Å². The maximum atomic E-state index is 12.1. The normalized spacial score (nSPS) is 15.3. The molecule has 3 rings (SSSR count). The molecule has 0 saturated carbocycles. The first kappa shape index (κ1) is 17.0. The molecule has 6 nitrogen and oxygen atoms in total. The zero-order valence-electron chi connectivity index (χ0n) is 14.5. The number of rotatable bonds is 4. The van der Waals surface area contributed by atoms with Gasteiger partial charge >= 0.3 is 6.09 Å². The number of carbonyl (C=O) groups is 1. The smallest absolute Gasteiger partial charge is 0.409 e. The monoisotopic (exact) mass is 348 g/mol. The lowest BCUT2D eigenvalue weighted by atomic mass is 10.2. The molecule has 0 unspecified atom stereocenters. The number of fused-ring (bicyclic) bond motifs is 1. The number of hydrogen-bond acceptors (Lipinski definition) is 6. The van der Waals surface area contributed by atoms with Crippen LogP contribution in [0.2, 0.25) is 0 Å². The Hall–Kier alpha value is -1.89. The van der Waals surface area contributed by atoms with Gasteiger partial charge in [-0.15, -0.1) is 11.3 Å². The van der Waals surface area contributed by atoms with Crippen molar-refractivity contribution in [1.29, 1.82) is 0 Å². The molecule has 0 aliphatic carbocycles. The predicted molar refractivity (Wildman–Crippen MR) is 96.8 cm³/mol. The molecule has 1 saturated heterocycles. The van der Waals surface area contributed by atoms with Gasteiger partial charge in [0.2, 0.25) is 0 Å². The number of amides is 1. The third-order valence-corrected chi connectivity index (χ3v) is 5.27. The Balaban J connectivity index is 1.67. The van der Waals surface area contributed by atoms with Crippen molar-refractivity contribution in [2.24, 2.45) is 5.92 Å². The fraction of sp³-hybridized carbons (Fsp3) is 0.588. The zero-order chi connectivity index (χ0) is 17.1. The van der Waals surface area contributed by atoms with Crippen molar-refractivity contribution in [1.82, 2.24) is 14.9 Å². The molecule has 1 aliphatic rings. The standard InChI is InChI=1S/C17H24N4O2S/c1-4-13-9-14-15(18-11-19-16(14)24-13)20-5-7-21(8-6-20)17(22)23-10-12(2)3/h9,11-12H,4-8,10H2,1-3H3. The number of hydrogen-bond donors (Lipinski definition) is 0. The summed E-state index contributed by atoms with van der Waals surface area (Å²) in [7, 11) is 0. The van der Waals surface area contributed by atoms with E-state index >= 15 is 0 Å². The van der Waals surface area contributed by atoms with E-state index in [-0.39, 0.29) is 6.09 Å². The Labute approximate surface area is 146 Å². The molecule has 0 aromatic carbocycles. The summed E-state index contributed by atoms with van der Waals surface area (Å²) in [6.45, 7) is 9.55. The van der Waals surface area contributed by atoms with Crippen molar-refractivity contribution < 1.29 is 9.53 Å². The van der Waals surface area contributed by atoms with Crippen LogP contribution >= 0.6 is 11.3 Å². The predicted octanol–water partition coefficient (Wildman–Crippen LogP) is 3.17. The second kappa shape index (κ2) is 7.34. The van der Waals surface area contributed by atoms with Gasteiger partial charge in [-0.3, -0.25) is 0 Å². The molecular formula is C17H24N4O2S. The molecule has 2 aromatic rings. The summed E-state index contributed by atoms with van der Waals surface area (Å²) in [4.78, 5) is 27.3. The molecule has 0 atom stereocenters. The topological polar surface area (TPSA) is 58.6 Å². The van der Waals surface area contributed by atoms with E-state index in [2.05, 4.69) is 27.9 Å². The Bertz CT molecular complexity index is 708. The third-order valence-electron chi connectivity index (χ3n) is 4.09. The first-order valence-electron chi connectivity index (χ1n) is 8.48. The lowest BCUT2D eigenvalue weighted by molar-refractivity contribution is 0.0901. The van der Waals surface area contributed by atoms with Crippen molar-refractivity contribution in [2.45, 2.75) is 27.2 Å². The van der Waals surface area contributed by atoms with Crippen LogP contribution in [0.3, 0.4) is 0 Å². The molecular weight excluding hydrogens is 324 g/mol. The van der Waals surface area contributed by atoms with Gasteiger partial charge in [-0.2, -0.15) is 0 Å². The summed E-state index contributed by atoms with van der Waals surface area (Å²) in [5.74, 6) is 1.34. The number of aryl methyl sites for hydroxylation is 1. The molecule has 130 valence electrons. The number of aromatic nitrogens is 2. The molecule has 1 fully saturated rings. The summed E-state index contributed by atoms with van der Waals surface area (Å²) in [6, 6.07) is 2.19. The van der Waals surface area contributed by atoms with Crippen molar-refractivity contribution in [3.63, 3.8) is 0 Å². The quantitative estimate of drug-likeness (QED) is 0.849. The Kier molecular flexibility index (Phi) is 5.18. The van der Waals surface area contributed by atoms with Gasteiger partial charge in [0.05, 0.1) is 12.0 Å². The summed E-state index contributed by atoms with van der Waals surface area (Å²) >= 11 is 1.73. The highest BCUT2D eigenvalue weighted by molar-refractivity contribution is 7.18. The highest BCUT2D eigenvalue weighted by Gasteiger charge is 2.24. The number of piperazine rings is 1. The summed E-state index contributed by atoms with van der Waals surface area (Å²) in [5.41, 5.74) is 0. The summed E-state index contributed by atoms with van der Waals surface area (Å²) < 4.78 is 5.32. The second-order valence-electron chi connectivity index (χ2n) is 6.43. The van der Waals surface area contributed by atoms with Crippen LogP contribution in [0.4, 0.5) is 10.6 Å². The van der Waals surface area contributed by atoms with E-state index in [0.29, 0.717) is 25.6 Å². The van der Waals surface area contributed by atoms with Crippen LogP contribution in [-0.4, -0.2) is 53.7 Å². The largest absolute Gasteiger partial charge is 0.449 e. The first-order chi connectivity index (χ1) is 11.6. The van der Waals surface area contributed by atoms with Gasteiger partial charge in [0.15, 0.2) is 0 Å². The summed E-state index contributed by atoms with van der Waals surface area (Å²) in [6.07, 6.45) is 2.44. The highest BCUT2D eigenvalue weighted by Crippen LogP contribution is 2.30. The van der Waals surface area contributed by atoms with Crippen molar-refractivity contribution >= 4 is 33.5 Å². The van der Waals surface area contributed by atoms with E-state index in [0.717, 1.165) is 35.5 Å². The fourth-order valence-electron chi connectivity index (χ4n) is 2.75. The number of carbonyl (C=O) groups excluding carboxylic acids is 1. The Morgan fingerprint density at radius 3 is 2.71 bits per heavy atom. The van der Waals surface area contributed by atoms with E-state index in [1.54, 1.807) is 22.6 Å². The number of anilines is 1. The minimum atomic E-state index is -0.208. The van der Waals surface area contributed by atoms with Gasteiger partial charge in [-0.05, 0) is 18.4 Å². The van der Waals surface area contributed by atoms with Crippen LogP contribution in [0, 0.1) is 5.92 Å². The van der Waals surface area contributed by atoms with Crippen molar-refractivity contribution in [3.05, 3.63) is 17.3 Å². The Morgan fingerprint density at radius 2 is 2.04 bits per heavy atom. The third kappa shape index (κ3) is 3.61. The van der Waals surface area contributed by atoms with Crippen LogP contribution in [0.25, 0.3) is 10.2 Å². The van der Waals surface area contributed by atoms with Crippen LogP contribution in [-0.2, 0) is 11.2 Å². The average molecular weight is 348 g/mol. The molecule has 1 aliphatic heterocycles. The van der Waals surface area contributed by atoms with E-state index in [1.807, 2.05) is 13.8 Å². The molecule has 2 aromatic heterocycles. The van der Waals surface area contributed by atoms with Gasteiger partial charge < -0.3 is 14.5 Å². The van der Waals surface area contributed by atoms with Crippen LogP contribution in [0.1, 0.15) is 25.6 Å². The van der Waals surface area contributed by atoms with Crippen LogP contribution in [0.15, 0.2) is 12.4 Å². The van der Waals surface area contributed by atoms with Gasteiger partial charge in [-0.1, -0.05) is 20.8 Å². The minimum Gasteiger partial charge on any atom is -0.449 e. The highest BCUT2D eigenvalue weighted by atomic mass is 32.1. The fourth-order valence-corrected chi connectivity index (χ4v) is 3.68. The van der Waals surface area contributed by atoms with Crippen molar-refractivity contribution in [2.75, 3.05) is 37.7 Å². The van der Waals surface area contributed by atoms with Crippen molar-refractivity contribution in [3.8, 4) is 0 Å². The molecule has 1 amide bonds. The lowest BCUT2D eigenvalue weighted by Gasteiger charge is -2.35. The SMILES string of the molecule is CCc1cc2c(N3CCN(C(=O)OCC(C)C)CC3)ncnc2s1. The van der Waals surface area contributed by atoms with E-state index < -0.39 is 0 Å². The molecule has 24 heavy (non-hydrogen) atoms. The minimum absolute atomic E-state index is 0.208. The number of ether oxygens (including phenoxy) is 1. The molecule has 0 spiro atoms. The molecule has 0 N–H and O–H groups in total. The molecule has 7 heteroatoms. The molecule has 0 radical (unpaired) electrons.